The molecular formula is C13H22O2. The molecule has 1 N–H and O–H groups in total. The summed E-state index contributed by atoms with van der Waals surface area (Å²) in [7, 11) is 0. The summed E-state index contributed by atoms with van der Waals surface area (Å²) < 4.78 is 5.87. The average molecular weight is 210 g/mol. The number of allylic oxidation sites excluding steroid dienone is 1. The molecular weight excluding hydrogens is 188 g/mol. The van der Waals surface area contributed by atoms with E-state index in [0.717, 1.165) is 38.7 Å². The minimum Gasteiger partial charge on any atom is -0.389 e. The van der Waals surface area contributed by atoms with E-state index in [-0.39, 0.29) is 11.7 Å². The van der Waals surface area contributed by atoms with Crippen LogP contribution in [0.3, 0.4) is 0 Å². The molecule has 0 aromatic rings. The predicted molar refractivity (Wildman–Crippen MR) is 60.7 cm³/mol. The van der Waals surface area contributed by atoms with E-state index in [4.69, 9.17) is 4.74 Å². The zero-order valence-corrected chi connectivity index (χ0v) is 9.83. The molecule has 0 amide bonds. The number of rotatable bonds is 1. The van der Waals surface area contributed by atoms with E-state index in [2.05, 4.69) is 19.9 Å². The third kappa shape index (κ3) is 2.26. The smallest absolute Gasteiger partial charge is 0.0721 e. The maximum Gasteiger partial charge on any atom is 0.0721 e. The first-order valence-electron chi connectivity index (χ1n) is 6.09. The number of ether oxygens (including phenoxy) is 1. The molecule has 86 valence electrons. The zero-order chi connectivity index (χ0) is 10.9. The summed E-state index contributed by atoms with van der Waals surface area (Å²) in [6.07, 6.45) is 9.34. The molecule has 1 fully saturated rings. The second-order valence-electron chi connectivity index (χ2n) is 5.41. The molecule has 0 bridgehead atoms. The average Bonchev–Trinajstić information content (AvgIpc) is 2.23. The lowest BCUT2D eigenvalue weighted by atomic mass is 9.67. The van der Waals surface area contributed by atoms with Crippen molar-refractivity contribution in [2.45, 2.75) is 57.7 Å². The fraction of sp³-hybridized carbons (Fsp3) is 0.846. The number of hydrogen-bond acceptors (Lipinski definition) is 2. The van der Waals surface area contributed by atoms with Crippen LogP contribution in [-0.4, -0.2) is 23.4 Å². The lowest BCUT2D eigenvalue weighted by Gasteiger charge is -2.46. The van der Waals surface area contributed by atoms with Crippen LogP contribution in [0.2, 0.25) is 0 Å². The molecule has 0 aromatic heterocycles. The van der Waals surface area contributed by atoms with E-state index >= 15 is 0 Å². The van der Waals surface area contributed by atoms with Gasteiger partial charge in [0, 0.05) is 6.61 Å². The van der Waals surface area contributed by atoms with E-state index in [1.807, 2.05) is 6.08 Å². The lowest BCUT2D eigenvalue weighted by molar-refractivity contribution is -0.110. The molecule has 2 nitrogen and oxygen atoms in total. The monoisotopic (exact) mass is 210 g/mol. The summed E-state index contributed by atoms with van der Waals surface area (Å²) >= 11 is 0. The number of aliphatic hydroxyl groups is 1. The Morgan fingerprint density at radius 3 is 2.87 bits per heavy atom. The van der Waals surface area contributed by atoms with Gasteiger partial charge in [-0.05, 0) is 44.4 Å². The highest BCUT2D eigenvalue weighted by atomic mass is 16.5. The van der Waals surface area contributed by atoms with Crippen LogP contribution in [0.15, 0.2) is 12.2 Å². The van der Waals surface area contributed by atoms with E-state index < -0.39 is 0 Å². The van der Waals surface area contributed by atoms with E-state index in [1.54, 1.807) is 0 Å². The van der Waals surface area contributed by atoms with Gasteiger partial charge in [0.15, 0.2) is 0 Å². The molecule has 1 spiro atoms. The predicted octanol–water partition coefficient (Wildman–Crippen LogP) is 2.66. The van der Waals surface area contributed by atoms with Gasteiger partial charge >= 0.3 is 0 Å². The number of aliphatic hydroxyl groups excluding tert-OH is 1. The second kappa shape index (κ2) is 3.91. The van der Waals surface area contributed by atoms with Gasteiger partial charge in [-0.25, -0.2) is 0 Å². The van der Waals surface area contributed by atoms with E-state index in [0.29, 0.717) is 5.41 Å². The normalized spacial score (nSPS) is 45.9. The van der Waals surface area contributed by atoms with Crippen molar-refractivity contribution < 1.29 is 9.84 Å². The van der Waals surface area contributed by atoms with Gasteiger partial charge in [-0.15, -0.1) is 0 Å². The summed E-state index contributed by atoms with van der Waals surface area (Å²) in [6, 6.07) is 0. The van der Waals surface area contributed by atoms with Gasteiger partial charge in [0.05, 0.1) is 11.7 Å². The van der Waals surface area contributed by atoms with Crippen molar-refractivity contribution in [3.05, 3.63) is 12.2 Å². The summed E-state index contributed by atoms with van der Waals surface area (Å²) in [5, 5.41) is 9.49. The third-order valence-electron chi connectivity index (χ3n) is 4.13. The first-order valence-corrected chi connectivity index (χ1v) is 6.09. The summed E-state index contributed by atoms with van der Waals surface area (Å²) in [5.41, 5.74) is 0.354. The summed E-state index contributed by atoms with van der Waals surface area (Å²) in [5.74, 6) is 0. The zero-order valence-electron chi connectivity index (χ0n) is 9.83. The van der Waals surface area contributed by atoms with Gasteiger partial charge in [0.25, 0.3) is 0 Å². The second-order valence-corrected chi connectivity index (χ2v) is 5.41. The minimum absolute atomic E-state index is 0.0465. The van der Waals surface area contributed by atoms with Crippen molar-refractivity contribution in [1.29, 1.82) is 0 Å². The molecule has 1 saturated heterocycles. The largest absolute Gasteiger partial charge is 0.389 e. The molecule has 0 radical (unpaired) electrons. The fourth-order valence-electron chi connectivity index (χ4n) is 2.90. The Morgan fingerprint density at radius 2 is 2.27 bits per heavy atom. The molecule has 1 aliphatic heterocycles. The highest BCUT2D eigenvalue weighted by Crippen LogP contribution is 2.46. The highest BCUT2D eigenvalue weighted by Gasteiger charge is 2.41. The number of hydrogen-bond donors (Lipinski definition) is 1. The Kier molecular flexibility index (Phi) is 2.91. The van der Waals surface area contributed by atoms with Crippen LogP contribution in [0.1, 0.15) is 46.0 Å². The van der Waals surface area contributed by atoms with Crippen molar-refractivity contribution >= 4 is 0 Å². The Balaban J connectivity index is 2.12. The van der Waals surface area contributed by atoms with Crippen molar-refractivity contribution in [2.24, 2.45) is 5.41 Å². The SMILES string of the molecule is CC[C@]1(C)C[C@@]2(C=C[C@H](O)CC2)CCO1. The summed E-state index contributed by atoms with van der Waals surface area (Å²) in [6.45, 7) is 5.28. The lowest BCUT2D eigenvalue weighted by Crippen LogP contribution is -2.43. The molecule has 0 unspecified atom stereocenters. The van der Waals surface area contributed by atoms with Gasteiger partial charge in [-0.2, -0.15) is 0 Å². The molecule has 2 heteroatoms. The maximum absolute atomic E-state index is 9.49. The maximum atomic E-state index is 9.49. The molecule has 2 rings (SSSR count). The Bertz CT molecular complexity index is 261. The van der Waals surface area contributed by atoms with Crippen LogP contribution in [-0.2, 0) is 4.74 Å². The van der Waals surface area contributed by atoms with Gasteiger partial charge in [0.2, 0.25) is 0 Å². The van der Waals surface area contributed by atoms with Crippen LogP contribution < -0.4 is 0 Å². The first kappa shape index (κ1) is 11.2. The van der Waals surface area contributed by atoms with Gasteiger partial charge in [0.1, 0.15) is 0 Å². The Morgan fingerprint density at radius 1 is 1.47 bits per heavy atom. The Labute approximate surface area is 92.3 Å². The molecule has 2 aliphatic rings. The van der Waals surface area contributed by atoms with Gasteiger partial charge < -0.3 is 9.84 Å². The Hall–Kier alpha value is -0.340. The van der Waals surface area contributed by atoms with Crippen LogP contribution in [0, 0.1) is 5.41 Å². The molecule has 1 heterocycles. The van der Waals surface area contributed by atoms with Crippen LogP contribution in [0.5, 0.6) is 0 Å². The fourth-order valence-corrected chi connectivity index (χ4v) is 2.90. The standard InChI is InChI=1S/C13H22O2/c1-3-12(2)10-13(8-9-15-12)6-4-11(14)5-7-13/h4,6,11,14H,3,5,7-10H2,1-2H3/t11-,12+,13+/m0/s1. The molecule has 1 aliphatic carbocycles. The van der Waals surface area contributed by atoms with E-state index in [1.165, 1.54) is 0 Å². The van der Waals surface area contributed by atoms with Crippen molar-refractivity contribution in [3.63, 3.8) is 0 Å². The molecule has 3 atom stereocenters. The van der Waals surface area contributed by atoms with E-state index in [9.17, 15) is 5.11 Å². The van der Waals surface area contributed by atoms with Gasteiger partial charge in [-0.1, -0.05) is 19.1 Å². The quantitative estimate of drug-likeness (QED) is 0.674. The minimum atomic E-state index is -0.216. The van der Waals surface area contributed by atoms with Crippen LogP contribution >= 0.6 is 0 Å². The van der Waals surface area contributed by atoms with Crippen molar-refractivity contribution in [1.82, 2.24) is 0 Å². The molecule has 0 aromatic carbocycles. The van der Waals surface area contributed by atoms with Gasteiger partial charge in [-0.3, -0.25) is 0 Å². The molecule has 0 saturated carbocycles. The topological polar surface area (TPSA) is 29.5 Å². The van der Waals surface area contributed by atoms with Crippen LogP contribution in [0.25, 0.3) is 0 Å². The van der Waals surface area contributed by atoms with Crippen LogP contribution in [0.4, 0.5) is 0 Å². The van der Waals surface area contributed by atoms with Crippen molar-refractivity contribution in [2.75, 3.05) is 6.61 Å². The summed E-state index contributed by atoms with van der Waals surface area (Å²) in [4.78, 5) is 0. The third-order valence-corrected chi connectivity index (χ3v) is 4.13. The van der Waals surface area contributed by atoms with Crippen molar-refractivity contribution in [3.8, 4) is 0 Å². The molecule has 15 heavy (non-hydrogen) atoms. The first-order chi connectivity index (χ1) is 7.08. The highest BCUT2D eigenvalue weighted by molar-refractivity contribution is 5.10.